The van der Waals surface area contributed by atoms with Crippen LogP contribution in [0.25, 0.3) is 97.4 Å². The van der Waals surface area contributed by atoms with Crippen LogP contribution in [0.1, 0.15) is 5.56 Å². The van der Waals surface area contributed by atoms with E-state index in [2.05, 4.69) is 207 Å². The maximum Gasteiger partial charge on any atom is 0.147 e. The molecular weight excluding hydrogens is 794 g/mol. The van der Waals surface area contributed by atoms with Crippen LogP contribution < -0.4 is 65.6 Å². The van der Waals surface area contributed by atoms with Crippen molar-refractivity contribution in [2.24, 2.45) is 0 Å². The summed E-state index contributed by atoms with van der Waals surface area (Å²) in [7, 11) is 27.4. The highest BCUT2D eigenvalue weighted by Crippen LogP contribution is 2.44. The summed E-state index contributed by atoms with van der Waals surface area (Å²) in [5.41, 5.74) is 27.9. The lowest BCUT2D eigenvalue weighted by Gasteiger charge is -2.23. The molecule has 0 spiro atoms. The zero-order valence-corrected chi connectivity index (χ0v) is 40.8. The summed E-state index contributed by atoms with van der Waals surface area (Å²) < 4.78 is 7.64. The molecule has 3 aromatic heterocycles. The van der Waals surface area contributed by atoms with E-state index in [1.54, 1.807) is 0 Å². The maximum atomic E-state index is 12.9. The number of rotatable bonds is 4. The highest BCUT2D eigenvalue weighted by molar-refractivity contribution is 7.26. The Bertz CT molecular complexity index is 3940. The topological polar surface area (TPSA) is 30.1 Å². The van der Waals surface area contributed by atoms with Crippen molar-refractivity contribution in [3.63, 3.8) is 0 Å². The highest BCUT2D eigenvalue weighted by atomic mass is 32.1. The average molecular weight is 839 g/mol. The van der Waals surface area contributed by atoms with Crippen LogP contribution in [0.15, 0.2) is 97.1 Å². The summed E-state index contributed by atoms with van der Waals surface area (Å²) in [5.74, 6) is 0.358. The number of fused-ring (bicyclic) bond motifs is 9. The van der Waals surface area contributed by atoms with Crippen molar-refractivity contribution in [3.8, 4) is 39.4 Å². The average Bonchev–Trinajstić information content (AvgIpc) is 4.01. The van der Waals surface area contributed by atoms with Gasteiger partial charge in [0, 0.05) is 54.0 Å². The molecule has 0 aliphatic heterocycles. The van der Waals surface area contributed by atoms with Gasteiger partial charge in [0.05, 0.1) is 15.9 Å². The molecule has 0 fully saturated rings. The molecule has 8 aromatic carbocycles. The number of thiophene rings is 1. The van der Waals surface area contributed by atoms with Crippen molar-refractivity contribution in [1.82, 2.24) is 9.13 Å². The SMILES string of the molecule is Bc1c(C)c(B)c2c(c1B)c1c(B)c(-c3c(B)c(B)c4c(c3B)c3c(B)c(B)c(B)c(B)c3n4-c3cccc4c3sc3c(-c5ccccc5)cccc34)c(O)c(B)c1n2-c1ccccc1. The molecule has 1 N–H and O–H groups in total. The minimum atomic E-state index is 0.358. The molecule has 0 amide bonds. The first kappa shape index (κ1) is 41.8. The predicted octanol–water partition coefficient (Wildman–Crippen LogP) is -7.30. The molecule has 3 heterocycles. The van der Waals surface area contributed by atoms with Gasteiger partial charge in [-0.2, -0.15) is 0 Å². The van der Waals surface area contributed by atoms with Gasteiger partial charge in [0.2, 0.25) is 0 Å². The van der Waals surface area contributed by atoms with E-state index < -0.39 is 0 Å². The Morgan fingerprint density at radius 2 is 0.892 bits per heavy atom. The van der Waals surface area contributed by atoms with Gasteiger partial charge >= 0.3 is 0 Å². The number of aromatic hydroxyl groups is 1. The first-order chi connectivity index (χ1) is 31.2. The fourth-order valence-electron chi connectivity index (χ4n) is 11.8. The quantitative estimate of drug-likeness (QED) is 0.176. The van der Waals surface area contributed by atoms with Crippen LogP contribution in [0.4, 0.5) is 0 Å². The lowest BCUT2D eigenvalue weighted by atomic mass is 9.63. The van der Waals surface area contributed by atoms with Crippen LogP contribution in [0, 0.1) is 6.92 Å². The van der Waals surface area contributed by atoms with Crippen molar-refractivity contribution in [2.45, 2.75) is 6.92 Å². The third-order valence-corrected chi connectivity index (χ3v) is 17.3. The number of phenols is 1. The molecule has 11 aromatic rings. The highest BCUT2D eigenvalue weighted by Gasteiger charge is 2.30. The second-order valence-electron chi connectivity index (χ2n) is 18.9. The summed E-state index contributed by atoms with van der Waals surface area (Å²) >= 11 is 1.91. The van der Waals surface area contributed by atoms with Gasteiger partial charge in [0.15, 0.2) is 0 Å². The number of phenolic OH excluding ortho intramolecular Hbond substituents is 1. The lowest BCUT2D eigenvalue weighted by molar-refractivity contribution is 0.482. The maximum absolute atomic E-state index is 12.9. The van der Waals surface area contributed by atoms with Gasteiger partial charge in [-0.1, -0.05) is 139 Å². The first-order valence-electron chi connectivity index (χ1n) is 23.0. The van der Waals surface area contributed by atoms with E-state index >= 15 is 0 Å². The summed E-state index contributed by atoms with van der Waals surface area (Å²) in [6.45, 7) is 2.25. The van der Waals surface area contributed by atoms with E-state index in [9.17, 15) is 5.11 Å². The largest absolute Gasteiger partial charge is 0.508 e. The number of hydrogen-bond donors (Lipinski definition) is 1. The molecule has 0 bridgehead atoms. The minimum absolute atomic E-state index is 0.358. The molecule has 0 radical (unpaired) electrons. The Morgan fingerprint density at radius 3 is 1.54 bits per heavy atom. The smallest absolute Gasteiger partial charge is 0.147 e. The fourth-order valence-corrected chi connectivity index (χ4v) is 13.2. The molecule has 0 saturated carbocycles. The van der Waals surface area contributed by atoms with E-state index in [1.165, 1.54) is 135 Å². The van der Waals surface area contributed by atoms with E-state index in [4.69, 9.17) is 0 Å². The molecule has 16 heteroatoms. The number of aromatic nitrogens is 2. The van der Waals surface area contributed by atoms with Crippen molar-refractivity contribution >= 4 is 235 Å². The van der Waals surface area contributed by atoms with E-state index in [-0.39, 0.29) is 0 Å². The van der Waals surface area contributed by atoms with Gasteiger partial charge < -0.3 is 14.2 Å². The van der Waals surface area contributed by atoms with Crippen LogP contribution in [0.5, 0.6) is 5.75 Å². The van der Waals surface area contributed by atoms with Gasteiger partial charge in [-0.15, -0.1) is 16.8 Å². The van der Waals surface area contributed by atoms with Crippen LogP contribution in [-0.2, 0) is 0 Å². The second kappa shape index (κ2) is 14.8. The molecule has 0 unspecified atom stereocenters. The molecule has 0 aliphatic rings. The van der Waals surface area contributed by atoms with Crippen LogP contribution >= 0.6 is 11.3 Å². The Hall–Kier alpha value is -5.84. The van der Waals surface area contributed by atoms with Gasteiger partial charge in [0.25, 0.3) is 0 Å². The first-order valence-corrected chi connectivity index (χ1v) is 23.8. The third kappa shape index (κ3) is 5.53. The molecule has 65 heavy (non-hydrogen) atoms. The number of nitrogens with zero attached hydrogens (tertiary/aromatic N) is 2. The standard InChI is InChI=1S/C49H44B12N2OS/c1-18-31(50)36(55)28-27-34(53)30(47(64)42(61)46(27)62(43(28)32(18)51)20-12-6-3-7-13-20)25-33(52)26-29-37(56)38(57)39(58)41(60)45(29)63(44(26)40(59)35(25)54)24-17-9-16-23-22-15-8-14-21(48(22)65-49(23)24)19-10-4-2-5-11-19/h2-17,64H,50-61H2,1H3. The molecule has 3 nitrogen and oxygen atoms in total. The summed E-state index contributed by atoms with van der Waals surface area (Å²) in [4.78, 5) is 0. The molecule has 298 valence electrons. The van der Waals surface area contributed by atoms with Gasteiger partial charge in [-0.25, -0.2) is 0 Å². The van der Waals surface area contributed by atoms with Gasteiger partial charge in [0.1, 0.15) is 99.9 Å². The number of para-hydroxylation sites is 1. The minimum Gasteiger partial charge on any atom is -0.508 e. The van der Waals surface area contributed by atoms with Crippen molar-refractivity contribution < 1.29 is 5.11 Å². The summed E-state index contributed by atoms with van der Waals surface area (Å²) in [6, 6.07) is 35.2. The normalized spacial score (nSPS) is 12.0. The van der Waals surface area contributed by atoms with Gasteiger partial charge in [-0.3, -0.25) is 0 Å². The second-order valence-corrected chi connectivity index (χ2v) is 19.9. The van der Waals surface area contributed by atoms with Crippen LogP contribution in [0.3, 0.4) is 0 Å². The molecule has 0 atom stereocenters. The molecular formula is C49H44B12N2OS. The van der Waals surface area contributed by atoms with Crippen LogP contribution in [0.2, 0.25) is 0 Å². The third-order valence-electron chi connectivity index (χ3n) is 16.0. The zero-order chi connectivity index (χ0) is 45.7. The fraction of sp³-hybridized carbons (Fsp3) is 0.0204. The Kier molecular flexibility index (Phi) is 9.55. The van der Waals surface area contributed by atoms with E-state index in [0.717, 1.165) is 33.3 Å². The Balaban J connectivity index is 1.30. The molecule has 0 saturated heterocycles. The Morgan fingerprint density at radius 1 is 0.400 bits per heavy atom. The van der Waals surface area contributed by atoms with Crippen LogP contribution in [-0.4, -0.2) is 108 Å². The van der Waals surface area contributed by atoms with Crippen molar-refractivity contribution in [2.75, 3.05) is 0 Å². The van der Waals surface area contributed by atoms with Crippen molar-refractivity contribution in [3.05, 3.63) is 103 Å². The van der Waals surface area contributed by atoms with Gasteiger partial charge in [-0.05, 0) is 58.0 Å². The van der Waals surface area contributed by atoms with E-state index in [1.807, 2.05) is 11.3 Å². The monoisotopic (exact) mass is 840 g/mol. The van der Waals surface area contributed by atoms with E-state index in [0.29, 0.717) is 5.75 Å². The number of benzene rings is 8. The summed E-state index contributed by atoms with van der Waals surface area (Å²) in [5, 5.41) is 20.6. The molecule has 0 aliphatic carbocycles. The zero-order valence-electron chi connectivity index (χ0n) is 40.0. The molecule has 11 rings (SSSR count). The summed E-state index contributed by atoms with van der Waals surface area (Å²) in [6.07, 6.45) is 0. The number of hydrogen-bond acceptors (Lipinski definition) is 2. The Labute approximate surface area is 395 Å². The van der Waals surface area contributed by atoms with Crippen molar-refractivity contribution in [1.29, 1.82) is 0 Å². The predicted molar refractivity (Wildman–Crippen MR) is 323 cm³/mol. The lowest BCUT2D eigenvalue weighted by Crippen LogP contribution is -2.48.